The number of guanidine groups is 1. The largest absolute Gasteiger partial charge is 0.491 e. The topological polar surface area (TPSA) is 101 Å². The van der Waals surface area contributed by atoms with Crippen LogP contribution < -0.4 is 10.5 Å². The lowest BCUT2D eigenvalue weighted by molar-refractivity contribution is -0.137. The van der Waals surface area contributed by atoms with E-state index in [0.29, 0.717) is 26.2 Å². The molecule has 0 aromatic heterocycles. The fourth-order valence-corrected chi connectivity index (χ4v) is 2.73. The maximum atomic E-state index is 12.6. The molecule has 0 radical (unpaired) electrons. The average Bonchev–Trinajstić information content (AvgIpc) is 2.69. The van der Waals surface area contributed by atoms with E-state index in [1.54, 1.807) is 30.6 Å². The Morgan fingerprint density at radius 2 is 1.66 bits per heavy atom. The molecule has 1 atom stereocenters. The highest BCUT2D eigenvalue weighted by atomic mass is 127. The highest BCUT2D eigenvalue weighted by Gasteiger charge is 2.30. The third kappa shape index (κ3) is 9.27. The molecule has 1 aliphatic heterocycles. The van der Waals surface area contributed by atoms with Crippen molar-refractivity contribution >= 4 is 36.0 Å². The van der Waals surface area contributed by atoms with Crippen molar-refractivity contribution in [2.75, 3.05) is 39.3 Å². The number of benzene rings is 1. The van der Waals surface area contributed by atoms with E-state index >= 15 is 0 Å². The maximum absolute atomic E-state index is 12.6. The molecule has 1 saturated heterocycles. The fraction of sp³-hybridized carbons (Fsp3) is 0.600. The van der Waals surface area contributed by atoms with Crippen LogP contribution in [0.2, 0.25) is 0 Å². The van der Waals surface area contributed by atoms with E-state index in [9.17, 15) is 23.1 Å². The van der Waals surface area contributed by atoms with Crippen molar-refractivity contribution in [2.24, 2.45) is 10.7 Å². The van der Waals surface area contributed by atoms with Crippen molar-refractivity contribution in [1.82, 2.24) is 9.80 Å². The normalized spacial score (nSPS) is 16.3. The van der Waals surface area contributed by atoms with Gasteiger partial charge in [0, 0.05) is 26.2 Å². The Bertz CT molecular complexity index is 762. The van der Waals surface area contributed by atoms with Gasteiger partial charge in [-0.25, -0.2) is 4.79 Å². The van der Waals surface area contributed by atoms with Crippen LogP contribution >= 0.6 is 24.0 Å². The third-order valence-electron chi connectivity index (χ3n) is 4.34. The summed E-state index contributed by atoms with van der Waals surface area (Å²) in [7, 11) is 0. The second-order valence-electron chi connectivity index (χ2n) is 8.14. The lowest BCUT2D eigenvalue weighted by Gasteiger charge is -2.36. The molecule has 1 fully saturated rings. The number of nitrogens with zero attached hydrogens (tertiary/aromatic N) is 3. The Morgan fingerprint density at radius 3 is 2.16 bits per heavy atom. The standard InChI is InChI=1S/C20H29F3N4O4.HI/c1-19(2,3)31-18(29)27-10-8-26(9-11-27)17(24)25-12-15(28)13-30-16-6-4-14(5-7-16)20(21,22)23;/h4-7,15,28H,8-13H2,1-3H3,(H2,24,25);1H. The zero-order valence-corrected chi connectivity index (χ0v) is 20.6. The molecule has 3 N–H and O–H groups in total. The molecule has 2 rings (SSSR count). The van der Waals surface area contributed by atoms with Gasteiger partial charge in [-0.3, -0.25) is 4.99 Å². The molecule has 0 saturated carbocycles. The van der Waals surface area contributed by atoms with Gasteiger partial charge in [0.25, 0.3) is 0 Å². The second-order valence-corrected chi connectivity index (χ2v) is 8.14. The number of aliphatic hydroxyl groups excluding tert-OH is 1. The van der Waals surface area contributed by atoms with Crippen LogP contribution in [-0.2, 0) is 10.9 Å². The smallest absolute Gasteiger partial charge is 0.416 e. The molecule has 0 bridgehead atoms. The number of piperazine rings is 1. The molecule has 8 nitrogen and oxygen atoms in total. The summed E-state index contributed by atoms with van der Waals surface area (Å²) in [5, 5.41) is 10.0. The number of nitrogens with two attached hydrogens (primary N) is 1. The Labute approximate surface area is 202 Å². The van der Waals surface area contributed by atoms with Gasteiger partial charge in [0.2, 0.25) is 0 Å². The number of aliphatic imine (C=N–C) groups is 1. The van der Waals surface area contributed by atoms with Gasteiger partial charge in [-0.15, -0.1) is 24.0 Å². The molecule has 0 aliphatic carbocycles. The number of rotatable bonds is 5. The molecule has 1 amide bonds. The lowest BCUT2D eigenvalue weighted by atomic mass is 10.2. The minimum Gasteiger partial charge on any atom is -0.491 e. The molecule has 1 heterocycles. The van der Waals surface area contributed by atoms with Gasteiger partial charge in [-0.05, 0) is 45.0 Å². The van der Waals surface area contributed by atoms with Crippen LogP contribution in [0.15, 0.2) is 29.3 Å². The molecular weight excluding hydrogens is 544 g/mol. The molecule has 1 aliphatic rings. The van der Waals surface area contributed by atoms with Gasteiger partial charge in [0.15, 0.2) is 5.96 Å². The molecule has 182 valence electrons. The number of aliphatic hydroxyl groups is 1. The lowest BCUT2D eigenvalue weighted by Crippen LogP contribution is -2.53. The fourth-order valence-electron chi connectivity index (χ4n) is 2.73. The molecule has 32 heavy (non-hydrogen) atoms. The minimum atomic E-state index is -4.41. The molecule has 1 aromatic carbocycles. The average molecular weight is 574 g/mol. The highest BCUT2D eigenvalue weighted by molar-refractivity contribution is 14.0. The van der Waals surface area contributed by atoms with Crippen LogP contribution in [0.5, 0.6) is 5.75 Å². The summed E-state index contributed by atoms with van der Waals surface area (Å²) >= 11 is 0. The number of ether oxygens (including phenoxy) is 2. The highest BCUT2D eigenvalue weighted by Crippen LogP contribution is 2.30. The van der Waals surface area contributed by atoms with Crippen LogP contribution in [-0.4, -0.2) is 78.0 Å². The Hall–Kier alpha value is -1.96. The van der Waals surface area contributed by atoms with Crippen molar-refractivity contribution in [3.8, 4) is 5.75 Å². The third-order valence-corrected chi connectivity index (χ3v) is 4.34. The second kappa shape index (κ2) is 11.8. The van der Waals surface area contributed by atoms with Crippen molar-refractivity contribution in [3.05, 3.63) is 29.8 Å². The van der Waals surface area contributed by atoms with Crippen LogP contribution in [0, 0.1) is 0 Å². The predicted octanol–water partition coefficient (Wildman–Crippen LogP) is 2.93. The summed E-state index contributed by atoms with van der Waals surface area (Å²) in [6.45, 7) is 7.07. The van der Waals surface area contributed by atoms with E-state index in [2.05, 4.69) is 4.99 Å². The summed E-state index contributed by atoms with van der Waals surface area (Å²) in [5.74, 6) is 0.444. The molecule has 0 spiro atoms. The number of amides is 1. The van der Waals surface area contributed by atoms with Gasteiger partial charge in [0.05, 0.1) is 12.1 Å². The first-order valence-corrected chi connectivity index (χ1v) is 9.86. The molecule has 1 unspecified atom stereocenters. The van der Waals surface area contributed by atoms with Crippen LogP contribution in [0.3, 0.4) is 0 Å². The van der Waals surface area contributed by atoms with Gasteiger partial charge < -0.3 is 30.1 Å². The zero-order valence-electron chi connectivity index (χ0n) is 18.3. The summed E-state index contributed by atoms with van der Waals surface area (Å²) in [4.78, 5) is 19.6. The maximum Gasteiger partial charge on any atom is 0.416 e. The minimum absolute atomic E-state index is 0. The number of halogens is 4. The first kappa shape index (κ1) is 28.1. The zero-order chi connectivity index (χ0) is 23.2. The van der Waals surface area contributed by atoms with Gasteiger partial charge in [-0.1, -0.05) is 0 Å². The predicted molar refractivity (Wildman–Crippen MR) is 124 cm³/mol. The molecule has 1 aromatic rings. The molecular formula is C20H30F3IN4O4. The summed E-state index contributed by atoms with van der Waals surface area (Å²) in [6, 6.07) is 4.21. The van der Waals surface area contributed by atoms with Crippen LogP contribution in [0.4, 0.5) is 18.0 Å². The van der Waals surface area contributed by atoms with Gasteiger partial charge in [-0.2, -0.15) is 13.2 Å². The van der Waals surface area contributed by atoms with Crippen molar-refractivity contribution in [1.29, 1.82) is 0 Å². The summed E-state index contributed by atoms with van der Waals surface area (Å²) in [6.07, 6.45) is -5.77. The number of hydrogen-bond donors (Lipinski definition) is 2. The SMILES string of the molecule is CC(C)(C)OC(=O)N1CCN(C(N)=NCC(O)COc2ccc(C(F)(F)F)cc2)CC1.I. The van der Waals surface area contributed by atoms with Gasteiger partial charge >= 0.3 is 12.3 Å². The van der Waals surface area contributed by atoms with E-state index in [1.165, 1.54) is 12.1 Å². The Kier molecular flexibility index (Phi) is 10.3. The Balaban J connectivity index is 0.00000512. The van der Waals surface area contributed by atoms with Gasteiger partial charge in [0.1, 0.15) is 24.1 Å². The first-order valence-electron chi connectivity index (χ1n) is 9.86. The Morgan fingerprint density at radius 1 is 1.12 bits per heavy atom. The van der Waals surface area contributed by atoms with E-state index in [4.69, 9.17) is 15.2 Å². The van der Waals surface area contributed by atoms with Crippen molar-refractivity contribution in [3.63, 3.8) is 0 Å². The number of carbonyl (C=O) groups is 1. The van der Waals surface area contributed by atoms with E-state index in [1.807, 2.05) is 0 Å². The number of alkyl halides is 3. The summed E-state index contributed by atoms with van der Waals surface area (Å²) < 4.78 is 48.3. The molecule has 12 heteroatoms. The monoisotopic (exact) mass is 574 g/mol. The first-order chi connectivity index (χ1) is 14.3. The summed E-state index contributed by atoms with van der Waals surface area (Å²) in [5.41, 5.74) is 4.63. The van der Waals surface area contributed by atoms with Crippen LogP contribution in [0.25, 0.3) is 0 Å². The van der Waals surface area contributed by atoms with Crippen molar-refractivity contribution < 1.29 is 32.5 Å². The van der Waals surface area contributed by atoms with Crippen molar-refractivity contribution in [2.45, 2.75) is 38.7 Å². The van der Waals surface area contributed by atoms with E-state index in [-0.39, 0.29) is 54.9 Å². The van der Waals surface area contributed by atoms with E-state index < -0.39 is 23.4 Å². The number of hydrogen-bond acceptors (Lipinski definition) is 5. The van der Waals surface area contributed by atoms with E-state index in [0.717, 1.165) is 12.1 Å². The quantitative estimate of drug-likeness (QED) is 0.319. The van der Waals surface area contributed by atoms with Crippen LogP contribution in [0.1, 0.15) is 26.3 Å². The number of carbonyl (C=O) groups excluding carboxylic acids is 1.